The van der Waals surface area contributed by atoms with Crippen molar-refractivity contribution < 1.29 is 9.94 Å². The molecule has 0 spiro atoms. The topological polar surface area (TPSA) is 84.0 Å². The first-order valence-corrected chi connectivity index (χ1v) is 5.92. The Morgan fingerprint density at radius 1 is 1.72 bits per heavy atom. The maximum atomic E-state index is 8.80. The third-order valence-electron chi connectivity index (χ3n) is 3.21. The number of ether oxygens (including phenoxy) is 1. The van der Waals surface area contributed by atoms with Crippen LogP contribution in [0.5, 0.6) is 0 Å². The summed E-state index contributed by atoms with van der Waals surface area (Å²) < 4.78 is 5.18. The molecule has 0 bridgehead atoms. The van der Waals surface area contributed by atoms with Gasteiger partial charge in [0.15, 0.2) is 5.84 Å². The minimum atomic E-state index is 0.114. The molecule has 0 saturated carbocycles. The predicted molar refractivity (Wildman–Crippen MR) is 68.9 cm³/mol. The monoisotopic (exact) mass is 250 g/mol. The molecule has 1 saturated heterocycles. The average Bonchev–Trinajstić information content (AvgIpc) is 2.87. The first-order chi connectivity index (χ1) is 8.76. The third-order valence-corrected chi connectivity index (χ3v) is 3.21. The summed E-state index contributed by atoms with van der Waals surface area (Å²) in [7, 11) is 1.72. The van der Waals surface area contributed by atoms with Gasteiger partial charge in [0.05, 0.1) is 18.5 Å². The number of oxime groups is 1. The van der Waals surface area contributed by atoms with Gasteiger partial charge in [-0.1, -0.05) is 5.16 Å². The molecule has 1 aromatic heterocycles. The summed E-state index contributed by atoms with van der Waals surface area (Å²) in [5, 5.41) is 11.9. The quantitative estimate of drug-likeness (QED) is 0.355. The molecule has 1 aliphatic rings. The zero-order valence-electron chi connectivity index (χ0n) is 10.4. The van der Waals surface area contributed by atoms with E-state index in [-0.39, 0.29) is 5.84 Å². The molecule has 0 aromatic carbocycles. The molecular weight excluding hydrogens is 232 g/mol. The zero-order chi connectivity index (χ0) is 13.0. The molecule has 0 amide bonds. The summed E-state index contributed by atoms with van der Waals surface area (Å²) in [6.07, 6.45) is 4.47. The van der Waals surface area contributed by atoms with Gasteiger partial charge in [0.2, 0.25) is 0 Å². The standard InChI is InChI=1S/C12H18N4O2/c1-18-8-9-3-5-16(7-9)11-6-14-4-2-10(11)12(13)15-17/h2,4,6,9,17H,3,5,7-8H2,1H3,(H2,13,15). The Labute approximate surface area is 106 Å². The summed E-state index contributed by atoms with van der Waals surface area (Å²) in [5.74, 6) is 0.637. The van der Waals surface area contributed by atoms with E-state index in [4.69, 9.17) is 15.7 Å². The van der Waals surface area contributed by atoms with Gasteiger partial charge in [-0.15, -0.1) is 0 Å². The van der Waals surface area contributed by atoms with E-state index in [1.165, 1.54) is 0 Å². The number of methoxy groups -OCH3 is 1. The highest BCUT2D eigenvalue weighted by atomic mass is 16.5. The Bertz CT molecular complexity index is 436. The number of nitrogens with two attached hydrogens (primary N) is 1. The second-order valence-corrected chi connectivity index (χ2v) is 4.43. The SMILES string of the molecule is COCC1CCN(c2cnccc2/C(N)=N/O)C1. The van der Waals surface area contributed by atoms with Gasteiger partial charge in [-0.25, -0.2) is 0 Å². The molecule has 3 N–H and O–H groups in total. The summed E-state index contributed by atoms with van der Waals surface area (Å²) in [4.78, 5) is 6.31. The van der Waals surface area contributed by atoms with Gasteiger partial charge in [0.1, 0.15) is 0 Å². The lowest BCUT2D eigenvalue weighted by Crippen LogP contribution is -2.25. The molecule has 0 aliphatic carbocycles. The molecule has 18 heavy (non-hydrogen) atoms. The van der Waals surface area contributed by atoms with Crippen LogP contribution >= 0.6 is 0 Å². The van der Waals surface area contributed by atoms with E-state index in [1.54, 1.807) is 25.6 Å². The fourth-order valence-electron chi connectivity index (χ4n) is 2.33. The van der Waals surface area contributed by atoms with Crippen molar-refractivity contribution in [1.29, 1.82) is 0 Å². The fourth-order valence-corrected chi connectivity index (χ4v) is 2.33. The first kappa shape index (κ1) is 12.6. The second kappa shape index (κ2) is 5.68. The van der Waals surface area contributed by atoms with Gasteiger partial charge in [-0.2, -0.15) is 0 Å². The van der Waals surface area contributed by atoms with Crippen LogP contribution in [-0.4, -0.2) is 42.8 Å². The molecule has 98 valence electrons. The molecule has 1 aliphatic heterocycles. The predicted octanol–water partition coefficient (Wildman–Crippen LogP) is 0.649. The van der Waals surface area contributed by atoms with E-state index in [1.807, 2.05) is 0 Å². The Hall–Kier alpha value is -1.82. The molecule has 2 heterocycles. The fraction of sp³-hybridized carbons (Fsp3) is 0.500. The van der Waals surface area contributed by atoms with Gasteiger partial charge in [-0.3, -0.25) is 4.98 Å². The van der Waals surface area contributed by atoms with E-state index < -0.39 is 0 Å². The Kier molecular flexibility index (Phi) is 3.99. The van der Waals surface area contributed by atoms with Gasteiger partial charge >= 0.3 is 0 Å². The van der Waals surface area contributed by atoms with Crippen molar-refractivity contribution in [3.8, 4) is 0 Å². The van der Waals surface area contributed by atoms with Crippen LogP contribution in [0.15, 0.2) is 23.6 Å². The van der Waals surface area contributed by atoms with Crippen molar-refractivity contribution in [1.82, 2.24) is 4.98 Å². The number of nitrogens with zero attached hydrogens (tertiary/aromatic N) is 3. The highest BCUT2D eigenvalue weighted by molar-refractivity contribution is 6.02. The highest BCUT2D eigenvalue weighted by Crippen LogP contribution is 2.26. The van der Waals surface area contributed by atoms with E-state index in [0.29, 0.717) is 11.5 Å². The number of amidine groups is 1. The number of aromatic nitrogens is 1. The summed E-state index contributed by atoms with van der Waals surface area (Å²) >= 11 is 0. The Morgan fingerprint density at radius 2 is 2.56 bits per heavy atom. The molecule has 6 heteroatoms. The minimum Gasteiger partial charge on any atom is -0.409 e. The minimum absolute atomic E-state index is 0.114. The van der Waals surface area contributed by atoms with Crippen LogP contribution < -0.4 is 10.6 Å². The zero-order valence-corrected chi connectivity index (χ0v) is 10.4. The lowest BCUT2D eigenvalue weighted by Gasteiger charge is -2.20. The summed E-state index contributed by atoms with van der Waals surface area (Å²) in [5.41, 5.74) is 7.30. The van der Waals surface area contributed by atoms with Gasteiger partial charge < -0.3 is 20.6 Å². The van der Waals surface area contributed by atoms with Crippen molar-refractivity contribution in [3.63, 3.8) is 0 Å². The molecular formula is C12H18N4O2. The number of hydrogen-bond donors (Lipinski definition) is 2. The normalized spacial score (nSPS) is 20.4. The molecule has 1 fully saturated rings. The molecule has 2 rings (SSSR count). The highest BCUT2D eigenvalue weighted by Gasteiger charge is 2.24. The number of hydrogen-bond acceptors (Lipinski definition) is 5. The molecule has 1 aromatic rings. The Balaban J connectivity index is 2.19. The van der Waals surface area contributed by atoms with E-state index in [2.05, 4.69) is 15.0 Å². The molecule has 0 radical (unpaired) electrons. The van der Waals surface area contributed by atoms with Crippen molar-refractivity contribution >= 4 is 11.5 Å². The maximum absolute atomic E-state index is 8.80. The van der Waals surface area contributed by atoms with E-state index >= 15 is 0 Å². The molecule has 1 unspecified atom stereocenters. The lowest BCUT2D eigenvalue weighted by atomic mass is 10.1. The van der Waals surface area contributed by atoms with Gasteiger partial charge in [0, 0.05) is 37.9 Å². The molecule has 1 atom stereocenters. The average molecular weight is 250 g/mol. The van der Waals surface area contributed by atoms with Crippen molar-refractivity contribution in [2.24, 2.45) is 16.8 Å². The Morgan fingerprint density at radius 3 is 3.28 bits per heavy atom. The van der Waals surface area contributed by atoms with E-state index in [0.717, 1.165) is 31.8 Å². The van der Waals surface area contributed by atoms with Crippen LogP contribution in [0.25, 0.3) is 0 Å². The van der Waals surface area contributed by atoms with Crippen LogP contribution in [0.1, 0.15) is 12.0 Å². The van der Waals surface area contributed by atoms with Gasteiger partial charge in [-0.05, 0) is 12.5 Å². The lowest BCUT2D eigenvalue weighted by molar-refractivity contribution is 0.161. The molecule has 6 nitrogen and oxygen atoms in total. The third kappa shape index (κ3) is 2.53. The van der Waals surface area contributed by atoms with Crippen LogP contribution in [-0.2, 0) is 4.74 Å². The second-order valence-electron chi connectivity index (χ2n) is 4.43. The first-order valence-electron chi connectivity index (χ1n) is 5.92. The van der Waals surface area contributed by atoms with Crippen LogP contribution in [0.4, 0.5) is 5.69 Å². The van der Waals surface area contributed by atoms with E-state index in [9.17, 15) is 0 Å². The summed E-state index contributed by atoms with van der Waals surface area (Å²) in [6.45, 7) is 2.60. The maximum Gasteiger partial charge on any atom is 0.172 e. The number of pyridine rings is 1. The van der Waals surface area contributed by atoms with Crippen molar-refractivity contribution in [2.75, 3.05) is 31.7 Å². The smallest absolute Gasteiger partial charge is 0.172 e. The van der Waals surface area contributed by atoms with Crippen molar-refractivity contribution in [3.05, 3.63) is 24.0 Å². The number of anilines is 1. The van der Waals surface area contributed by atoms with Crippen LogP contribution in [0, 0.1) is 5.92 Å². The number of rotatable bonds is 4. The van der Waals surface area contributed by atoms with Gasteiger partial charge in [0.25, 0.3) is 0 Å². The summed E-state index contributed by atoms with van der Waals surface area (Å²) in [6, 6.07) is 1.76. The van der Waals surface area contributed by atoms with Crippen LogP contribution in [0.2, 0.25) is 0 Å². The van der Waals surface area contributed by atoms with Crippen LogP contribution in [0.3, 0.4) is 0 Å². The van der Waals surface area contributed by atoms with Crippen molar-refractivity contribution in [2.45, 2.75) is 6.42 Å². The largest absolute Gasteiger partial charge is 0.409 e.